The van der Waals surface area contributed by atoms with E-state index in [1.54, 1.807) is 30.3 Å². The van der Waals surface area contributed by atoms with Crippen LogP contribution in [0.2, 0.25) is 10.0 Å². The number of rotatable bonds is 5. The van der Waals surface area contributed by atoms with Crippen LogP contribution in [0.15, 0.2) is 40.3 Å². The molecule has 1 fully saturated rings. The van der Waals surface area contributed by atoms with Crippen LogP contribution in [-0.2, 0) is 14.3 Å². The van der Waals surface area contributed by atoms with E-state index in [-0.39, 0.29) is 23.8 Å². The Morgan fingerprint density at radius 3 is 2.70 bits per heavy atom. The highest BCUT2D eigenvalue weighted by atomic mass is 35.5. The molecule has 1 saturated heterocycles. The van der Waals surface area contributed by atoms with Crippen LogP contribution >= 0.6 is 35.4 Å². The van der Waals surface area contributed by atoms with Crippen molar-refractivity contribution in [1.29, 1.82) is 0 Å². The summed E-state index contributed by atoms with van der Waals surface area (Å²) >= 11 is 17.0. The van der Waals surface area contributed by atoms with E-state index < -0.39 is 11.8 Å². The van der Waals surface area contributed by atoms with Gasteiger partial charge in [-0.1, -0.05) is 23.2 Å². The molecule has 3 rings (SSSR count). The summed E-state index contributed by atoms with van der Waals surface area (Å²) in [5.41, 5.74) is 0.645. The lowest BCUT2D eigenvalue weighted by Crippen LogP contribution is -2.54. The Bertz CT molecular complexity index is 955. The molecule has 2 amide bonds. The number of nitrogens with zero attached hydrogens (tertiary/aromatic N) is 1. The van der Waals surface area contributed by atoms with Gasteiger partial charge < -0.3 is 9.15 Å². The molecule has 140 valence electrons. The van der Waals surface area contributed by atoms with E-state index >= 15 is 0 Å². The summed E-state index contributed by atoms with van der Waals surface area (Å²) in [6, 6.07) is 8.45. The summed E-state index contributed by atoms with van der Waals surface area (Å²) in [6.07, 6.45) is 1.38. The molecule has 9 heteroatoms. The Kier molecular flexibility index (Phi) is 5.96. The van der Waals surface area contributed by atoms with Gasteiger partial charge in [-0.05, 0) is 48.6 Å². The zero-order chi connectivity index (χ0) is 19.6. The number of thiocarbonyl (C=S) groups is 1. The highest BCUT2D eigenvalue weighted by Crippen LogP contribution is 2.30. The molecule has 1 aromatic carbocycles. The summed E-state index contributed by atoms with van der Waals surface area (Å²) in [4.78, 5) is 26.0. The number of methoxy groups -OCH3 is 1. The van der Waals surface area contributed by atoms with Crippen molar-refractivity contribution < 1.29 is 18.7 Å². The molecule has 27 heavy (non-hydrogen) atoms. The molecule has 0 spiro atoms. The maximum Gasteiger partial charge on any atom is 0.265 e. The summed E-state index contributed by atoms with van der Waals surface area (Å²) in [7, 11) is 1.51. The summed E-state index contributed by atoms with van der Waals surface area (Å²) in [6.45, 7) is 0.524. The van der Waals surface area contributed by atoms with E-state index in [2.05, 4.69) is 5.32 Å². The first-order valence-electron chi connectivity index (χ1n) is 7.84. The fourth-order valence-corrected chi connectivity index (χ4v) is 3.02. The molecule has 2 aromatic rings. The van der Waals surface area contributed by atoms with Crippen LogP contribution in [0.3, 0.4) is 0 Å². The Hall–Kier alpha value is -2.19. The maximum absolute atomic E-state index is 12.6. The van der Waals surface area contributed by atoms with Crippen molar-refractivity contribution in [3.63, 3.8) is 0 Å². The summed E-state index contributed by atoms with van der Waals surface area (Å²) in [5, 5.41) is 3.38. The minimum atomic E-state index is -0.578. The highest BCUT2D eigenvalue weighted by Gasteiger charge is 2.33. The number of hydrogen-bond acceptors (Lipinski definition) is 5. The SMILES string of the molecule is COCCN1C(=O)C(=Cc2ccc(-c3ccc(Cl)c(Cl)c3)o2)C(=O)NC1=S. The number of ether oxygens (including phenoxy) is 1. The fourth-order valence-electron chi connectivity index (χ4n) is 2.46. The second-order valence-electron chi connectivity index (χ2n) is 5.60. The van der Waals surface area contributed by atoms with Gasteiger partial charge in [-0.2, -0.15) is 0 Å². The van der Waals surface area contributed by atoms with Crippen molar-refractivity contribution in [2.75, 3.05) is 20.3 Å². The largest absolute Gasteiger partial charge is 0.457 e. The number of amides is 2. The molecule has 0 radical (unpaired) electrons. The van der Waals surface area contributed by atoms with Crippen LogP contribution < -0.4 is 5.32 Å². The van der Waals surface area contributed by atoms with Gasteiger partial charge in [-0.25, -0.2) is 0 Å². The lowest BCUT2D eigenvalue weighted by atomic mass is 10.1. The van der Waals surface area contributed by atoms with Crippen molar-refractivity contribution in [3.05, 3.63) is 51.7 Å². The van der Waals surface area contributed by atoms with E-state index in [0.29, 0.717) is 21.6 Å². The smallest absolute Gasteiger partial charge is 0.265 e. The van der Waals surface area contributed by atoms with Gasteiger partial charge >= 0.3 is 0 Å². The Labute approximate surface area is 170 Å². The third-order valence-corrected chi connectivity index (χ3v) is 4.88. The standard InChI is InChI=1S/C18H14Cl2N2O4S/c1-25-7-6-22-17(24)12(16(23)21-18(22)27)9-11-3-5-15(26-11)10-2-4-13(19)14(20)8-10/h2-5,8-9H,6-7H2,1H3,(H,21,23,27). The molecule has 0 atom stereocenters. The van der Waals surface area contributed by atoms with Crippen molar-refractivity contribution in [2.45, 2.75) is 0 Å². The van der Waals surface area contributed by atoms with Crippen LogP contribution in [0, 0.1) is 0 Å². The average Bonchev–Trinajstić information content (AvgIpc) is 3.09. The number of hydrogen-bond donors (Lipinski definition) is 1. The normalized spacial score (nSPS) is 16.2. The molecule has 1 aromatic heterocycles. The summed E-state index contributed by atoms with van der Waals surface area (Å²) in [5.74, 6) is -0.218. The monoisotopic (exact) mass is 424 g/mol. The van der Waals surface area contributed by atoms with Gasteiger partial charge in [0.2, 0.25) is 0 Å². The first-order chi connectivity index (χ1) is 12.9. The van der Waals surface area contributed by atoms with Gasteiger partial charge in [0.15, 0.2) is 5.11 Å². The second-order valence-corrected chi connectivity index (χ2v) is 6.80. The molecule has 0 saturated carbocycles. The quantitative estimate of drug-likeness (QED) is 0.451. The van der Waals surface area contributed by atoms with Crippen molar-refractivity contribution in [2.24, 2.45) is 0 Å². The summed E-state index contributed by atoms with van der Waals surface area (Å²) < 4.78 is 10.7. The number of benzene rings is 1. The molecule has 0 bridgehead atoms. The number of nitrogens with one attached hydrogen (secondary N) is 1. The topological polar surface area (TPSA) is 71.8 Å². The Balaban J connectivity index is 1.88. The van der Waals surface area contributed by atoms with Crippen LogP contribution in [0.25, 0.3) is 17.4 Å². The first-order valence-corrected chi connectivity index (χ1v) is 9.00. The predicted octanol–water partition coefficient (Wildman–Crippen LogP) is 3.53. The third kappa shape index (κ3) is 4.22. The average molecular weight is 425 g/mol. The molecule has 6 nitrogen and oxygen atoms in total. The molecule has 2 heterocycles. The molecular formula is C18H14Cl2N2O4S. The van der Waals surface area contributed by atoms with Crippen LogP contribution in [0.5, 0.6) is 0 Å². The zero-order valence-electron chi connectivity index (χ0n) is 14.1. The molecular weight excluding hydrogens is 411 g/mol. The predicted molar refractivity (Wildman–Crippen MR) is 106 cm³/mol. The van der Waals surface area contributed by atoms with Crippen molar-refractivity contribution in [3.8, 4) is 11.3 Å². The number of carbonyl (C=O) groups is 2. The lowest BCUT2D eigenvalue weighted by Gasteiger charge is -2.28. The Morgan fingerprint density at radius 2 is 2.00 bits per heavy atom. The number of halogens is 2. The van der Waals surface area contributed by atoms with E-state index in [4.69, 9.17) is 44.6 Å². The minimum absolute atomic E-state index is 0.0511. The van der Waals surface area contributed by atoms with Crippen molar-refractivity contribution >= 4 is 58.4 Å². The molecule has 1 aliphatic rings. The van der Waals surface area contributed by atoms with Gasteiger partial charge in [0.25, 0.3) is 11.8 Å². The fraction of sp³-hybridized carbons (Fsp3) is 0.167. The van der Waals surface area contributed by atoms with Crippen LogP contribution in [-0.4, -0.2) is 42.1 Å². The second kappa shape index (κ2) is 8.22. The molecule has 0 unspecified atom stereocenters. The maximum atomic E-state index is 12.6. The van der Waals surface area contributed by atoms with Gasteiger partial charge in [-0.3, -0.25) is 19.8 Å². The van der Waals surface area contributed by atoms with E-state index in [0.717, 1.165) is 5.56 Å². The van der Waals surface area contributed by atoms with E-state index in [9.17, 15) is 9.59 Å². The highest BCUT2D eigenvalue weighted by molar-refractivity contribution is 7.80. The van der Waals surface area contributed by atoms with Crippen LogP contribution in [0.4, 0.5) is 0 Å². The lowest BCUT2D eigenvalue weighted by molar-refractivity contribution is -0.129. The Morgan fingerprint density at radius 1 is 1.22 bits per heavy atom. The number of carbonyl (C=O) groups excluding carboxylic acids is 2. The van der Waals surface area contributed by atoms with Crippen LogP contribution in [0.1, 0.15) is 5.76 Å². The molecule has 1 N–H and O–H groups in total. The number of furan rings is 1. The first kappa shape index (κ1) is 19.6. The molecule has 0 aliphatic carbocycles. The minimum Gasteiger partial charge on any atom is -0.457 e. The van der Waals surface area contributed by atoms with Gasteiger partial charge in [0.05, 0.1) is 23.2 Å². The van der Waals surface area contributed by atoms with E-state index in [1.165, 1.54) is 18.1 Å². The van der Waals surface area contributed by atoms with Gasteiger partial charge in [-0.15, -0.1) is 0 Å². The third-order valence-electron chi connectivity index (χ3n) is 3.82. The van der Waals surface area contributed by atoms with Gasteiger partial charge in [0.1, 0.15) is 17.1 Å². The zero-order valence-corrected chi connectivity index (χ0v) is 16.5. The van der Waals surface area contributed by atoms with E-state index in [1.807, 2.05) is 0 Å². The van der Waals surface area contributed by atoms with Gasteiger partial charge in [0, 0.05) is 12.7 Å². The van der Waals surface area contributed by atoms with Crippen molar-refractivity contribution in [1.82, 2.24) is 10.2 Å². The molecule has 1 aliphatic heterocycles.